The molecule has 0 rings (SSSR count). The van der Waals surface area contributed by atoms with Crippen molar-refractivity contribution in [1.29, 1.82) is 0 Å². The third-order valence-corrected chi connectivity index (χ3v) is 5.07. The van der Waals surface area contributed by atoms with E-state index in [1.54, 1.807) is 6.26 Å². The second-order valence-electron chi connectivity index (χ2n) is 7.24. The minimum atomic E-state index is -1.54. The van der Waals surface area contributed by atoms with Gasteiger partial charge in [0, 0.05) is 6.42 Å². The number of hydrogen-bond acceptors (Lipinski definition) is 9. The van der Waals surface area contributed by atoms with E-state index in [0.29, 0.717) is 5.75 Å². The molecular weight excluding hydrogens is 446 g/mol. The molecule has 0 spiro atoms. The molecule has 0 aliphatic heterocycles. The summed E-state index contributed by atoms with van der Waals surface area (Å²) in [5, 5.41) is 35.5. The van der Waals surface area contributed by atoms with Crippen molar-refractivity contribution in [2.75, 3.05) is 12.0 Å². The van der Waals surface area contributed by atoms with E-state index in [4.69, 9.17) is 11.5 Å². The third kappa shape index (κ3) is 10.7. The van der Waals surface area contributed by atoms with Gasteiger partial charge in [-0.15, -0.1) is 0 Å². The maximum Gasteiger partial charge on any atom is 0.326 e. The Bertz CT molecular complexity index is 676. The monoisotopic (exact) mass is 479 g/mol. The lowest BCUT2D eigenvalue weighted by Crippen LogP contribution is -2.60. The van der Waals surface area contributed by atoms with Crippen LogP contribution in [0.1, 0.15) is 33.1 Å². The number of primary amides is 1. The summed E-state index contributed by atoms with van der Waals surface area (Å²) >= 11 is 1.40. The van der Waals surface area contributed by atoms with Crippen LogP contribution in [0.2, 0.25) is 0 Å². The van der Waals surface area contributed by atoms with Crippen molar-refractivity contribution in [3.05, 3.63) is 0 Å². The Labute approximate surface area is 190 Å². The first-order valence-electron chi connectivity index (χ1n) is 9.84. The molecule has 32 heavy (non-hydrogen) atoms. The van der Waals surface area contributed by atoms with Crippen molar-refractivity contribution in [2.45, 2.75) is 69.5 Å². The number of aliphatic carboxylic acids is 1. The number of hydrogen-bond donors (Lipinski definition) is 8. The zero-order valence-electron chi connectivity index (χ0n) is 18.2. The predicted octanol–water partition coefficient (Wildman–Crippen LogP) is -3.37. The quantitative estimate of drug-likeness (QED) is 0.116. The van der Waals surface area contributed by atoms with Gasteiger partial charge in [-0.1, -0.05) is 0 Å². The fourth-order valence-corrected chi connectivity index (χ4v) is 2.93. The number of carboxylic acid groups (broad SMARTS) is 1. The van der Waals surface area contributed by atoms with Crippen molar-refractivity contribution in [3.63, 3.8) is 0 Å². The van der Waals surface area contributed by atoms with Crippen LogP contribution in [0.3, 0.4) is 0 Å². The van der Waals surface area contributed by atoms with Gasteiger partial charge in [0.1, 0.15) is 24.2 Å². The Morgan fingerprint density at radius 2 is 1.44 bits per heavy atom. The van der Waals surface area contributed by atoms with Gasteiger partial charge in [0.15, 0.2) is 0 Å². The third-order valence-electron chi connectivity index (χ3n) is 4.42. The average molecular weight is 480 g/mol. The molecule has 0 radical (unpaired) electrons. The summed E-state index contributed by atoms with van der Waals surface area (Å²) in [4.78, 5) is 59.6. The Kier molecular flexibility index (Phi) is 13.5. The molecule has 0 aromatic rings. The minimum absolute atomic E-state index is 0.162. The number of aliphatic hydroxyl groups is 2. The maximum atomic E-state index is 12.7. The van der Waals surface area contributed by atoms with Gasteiger partial charge in [-0.05, 0) is 38.7 Å². The van der Waals surface area contributed by atoms with Gasteiger partial charge in [-0.25, -0.2) is 4.79 Å². The zero-order valence-corrected chi connectivity index (χ0v) is 19.1. The van der Waals surface area contributed by atoms with Crippen LogP contribution in [-0.4, -0.2) is 93.3 Å². The van der Waals surface area contributed by atoms with E-state index < -0.39 is 66.0 Å². The van der Waals surface area contributed by atoms with Gasteiger partial charge < -0.3 is 42.7 Å². The highest BCUT2D eigenvalue weighted by atomic mass is 32.2. The van der Waals surface area contributed by atoms with Crippen LogP contribution in [0.4, 0.5) is 0 Å². The first kappa shape index (κ1) is 29.6. The molecule has 6 atom stereocenters. The standard InChI is InChI=1S/C18H33N5O8S/c1-8(24)13(20)16(28)21-10(6-7-32-3)15(27)23-14(9(2)25)17(29)22-11(18(30)31)4-5-12(19)26/h8-11,13-14,24-25H,4-7,20H2,1-3H3,(H2,19,26)(H,21,28)(H,22,29)(H,23,27)(H,30,31). The normalized spacial score (nSPS) is 16.6. The summed E-state index contributed by atoms with van der Waals surface area (Å²) in [6, 6.07) is -5.42. The number of carboxylic acids is 1. The van der Waals surface area contributed by atoms with Crippen molar-refractivity contribution in [2.24, 2.45) is 11.5 Å². The van der Waals surface area contributed by atoms with Crippen LogP contribution >= 0.6 is 11.8 Å². The Morgan fingerprint density at radius 1 is 0.875 bits per heavy atom. The molecule has 0 heterocycles. The predicted molar refractivity (Wildman–Crippen MR) is 116 cm³/mol. The van der Waals surface area contributed by atoms with Crippen molar-refractivity contribution in [1.82, 2.24) is 16.0 Å². The van der Waals surface area contributed by atoms with Gasteiger partial charge in [0.2, 0.25) is 23.6 Å². The largest absolute Gasteiger partial charge is 0.480 e. The summed E-state index contributed by atoms with van der Waals surface area (Å²) < 4.78 is 0. The summed E-state index contributed by atoms with van der Waals surface area (Å²) in [6.45, 7) is 2.52. The van der Waals surface area contributed by atoms with E-state index in [9.17, 15) is 39.3 Å². The highest BCUT2D eigenvalue weighted by Crippen LogP contribution is 2.05. The van der Waals surface area contributed by atoms with Gasteiger partial charge in [-0.2, -0.15) is 11.8 Å². The molecule has 6 unspecified atom stereocenters. The number of nitrogens with one attached hydrogen (secondary N) is 3. The second-order valence-corrected chi connectivity index (χ2v) is 8.23. The maximum absolute atomic E-state index is 12.7. The van der Waals surface area contributed by atoms with Crippen LogP contribution < -0.4 is 27.4 Å². The lowest BCUT2D eigenvalue weighted by atomic mass is 10.1. The van der Waals surface area contributed by atoms with Gasteiger partial charge in [-0.3, -0.25) is 19.2 Å². The smallest absolute Gasteiger partial charge is 0.326 e. The highest BCUT2D eigenvalue weighted by Gasteiger charge is 2.33. The molecule has 0 saturated carbocycles. The molecular formula is C18H33N5O8S. The summed E-state index contributed by atoms with van der Waals surface area (Å²) in [5.74, 6) is -4.31. The van der Waals surface area contributed by atoms with E-state index in [1.165, 1.54) is 25.6 Å². The SMILES string of the molecule is CSCCC(NC(=O)C(N)C(C)O)C(=O)NC(C(=O)NC(CCC(N)=O)C(=O)O)C(C)O. The molecule has 4 amide bonds. The van der Waals surface area contributed by atoms with Crippen LogP contribution in [0, 0.1) is 0 Å². The number of nitrogens with two attached hydrogens (primary N) is 2. The number of carbonyl (C=O) groups excluding carboxylic acids is 4. The number of thioether (sulfide) groups is 1. The van der Waals surface area contributed by atoms with Crippen molar-refractivity contribution in [3.8, 4) is 0 Å². The Morgan fingerprint density at radius 3 is 1.88 bits per heavy atom. The molecule has 10 N–H and O–H groups in total. The molecule has 0 aromatic carbocycles. The van der Waals surface area contributed by atoms with Crippen LogP contribution in [0.15, 0.2) is 0 Å². The van der Waals surface area contributed by atoms with Gasteiger partial charge >= 0.3 is 5.97 Å². The summed E-state index contributed by atoms with van der Waals surface area (Å²) in [5.41, 5.74) is 10.6. The van der Waals surface area contributed by atoms with Crippen molar-refractivity contribution >= 4 is 41.4 Å². The molecule has 184 valence electrons. The number of rotatable bonds is 15. The van der Waals surface area contributed by atoms with Crippen LogP contribution in [-0.2, 0) is 24.0 Å². The number of amides is 4. The van der Waals surface area contributed by atoms with E-state index in [0.717, 1.165) is 0 Å². The minimum Gasteiger partial charge on any atom is -0.480 e. The first-order valence-corrected chi connectivity index (χ1v) is 11.2. The van der Waals surface area contributed by atoms with E-state index in [2.05, 4.69) is 16.0 Å². The zero-order chi connectivity index (χ0) is 25.0. The summed E-state index contributed by atoms with van der Waals surface area (Å²) in [7, 11) is 0. The van der Waals surface area contributed by atoms with E-state index in [-0.39, 0.29) is 19.3 Å². The fourth-order valence-electron chi connectivity index (χ4n) is 2.46. The lowest BCUT2D eigenvalue weighted by molar-refractivity contribution is -0.143. The number of aliphatic hydroxyl groups excluding tert-OH is 2. The van der Waals surface area contributed by atoms with Crippen molar-refractivity contribution < 1.29 is 39.3 Å². The van der Waals surface area contributed by atoms with Gasteiger partial charge in [0.25, 0.3) is 0 Å². The molecule has 0 bridgehead atoms. The molecule has 0 aliphatic carbocycles. The molecule has 0 fully saturated rings. The lowest BCUT2D eigenvalue weighted by Gasteiger charge is -2.26. The number of carbonyl (C=O) groups is 5. The molecule has 0 aromatic heterocycles. The van der Waals surface area contributed by atoms with E-state index >= 15 is 0 Å². The van der Waals surface area contributed by atoms with Gasteiger partial charge in [0.05, 0.1) is 12.2 Å². The summed E-state index contributed by atoms with van der Waals surface area (Å²) in [6.07, 6.45) is -1.21. The average Bonchev–Trinajstić information content (AvgIpc) is 2.70. The van der Waals surface area contributed by atoms with Crippen LogP contribution in [0.5, 0.6) is 0 Å². The first-order chi connectivity index (χ1) is 14.8. The molecule has 0 aliphatic rings. The molecule has 14 heteroatoms. The topological polar surface area (TPSA) is 234 Å². The second kappa shape index (κ2) is 14.6. The highest BCUT2D eigenvalue weighted by molar-refractivity contribution is 7.98. The van der Waals surface area contributed by atoms with Crippen LogP contribution in [0.25, 0.3) is 0 Å². The molecule has 13 nitrogen and oxygen atoms in total. The Balaban J connectivity index is 5.38. The van der Waals surface area contributed by atoms with E-state index in [1.807, 2.05) is 0 Å². The Hall–Kier alpha value is -2.42. The fraction of sp³-hybridized carbons (Fsp3) is 0.722. The molecule has 0 saturated heterocycles.